The maximum absolute atomic E-state index is 12.5. The topological polar surface area (TPSA) is 75.7 Å². The van der Waals surface area contributed by atoms with Crippen LogP contribution in [0.5, 0.6) is 0 Å². The molecule has 1 aliphatic heterocycles. The summed E-state index contributed by atoms with van der Waals surface area (Å²) in [4.78, 5) is 38.9. The van der Waals surface area contributed by atoms with Crippen LogP contribution in [0.25, 0.3) is 6.08 Å². The Morgan fingerprint density at radius 2 is 1.68 bits per heavy atom. The number of ether oxygens (including phenoxy) is 1. The van der Waals surface area contributed by atoms with Gasteiger partial charge in [0, 0.05) is 24.9 Å². The maximum atomic E-state index is 12.5. The molecule has 0 unspecified atom stereocenters. The van der Waals surface area contributed by atoms with Crippen LogP contribution in [0.1, 0.15) is 30.9 Å². The number of hydrogen-bond acceptors (Lipinski definition) is 4. The summed E-state index contributed by atoms with van der Waals surface area (Å²) in [5, 5.41) is 2.75. The number of benzene rings is 2. The van der Waals surface area contributed by atoms with Gasteiger partial charge in [0.05, 0.1) is 5.92 Å². The summed E-state index contributed by atoms with van der Waals surface area (Å²) in [6, 6.07) is 17.0. The molecule has 6 heteroatoms. The SMILES string of the molecule is Cc1ccc(NC(=O)[C@@H](C)OC(=O)C2CCN(C(=O)/C=C/c3ccccc3)CC2)cc1. The van der Waals surface area contributed by atoms with E-state index in [1.165, 1.54) is 0 Å². The normalized spacial score (nSPS) is 15.5. The summed E-state index contributed by atoms with van der Waals surface area (Å²) >= 11 is 0. The zero-order valence-corrected chi connectivity index (χ0v) is 17.9. The van der Waals surface area contributed by atoms with Gasteiger partial charge in [-0.2, -0.15) is 0 Å². The second-order valence-corrected chi connectivity index (χ2v) is 7.78. The van der Waals surface area contributed by atoms with Crippen molar-refractivity contribution >= 4 is 29.5 Å². The highest BCUT2D eigenvalue weighted by Gasteiger charge is 2.30. The molecule has 0 aliphatic carbocycles. The Morgan fingerprint density at radius 3 is 2.32 bits per heavy atom. The summed E-state index contributed by atoms with van der Waals surface area (Å²) in [7, 11) is 0. The first-order valence-corrected chi connectivity index (χ1v) is 10.5. The number of anilines is 1. The van der Waals surface area contributed by atoms with Crippen LogP contribution >= 0.6 is 0 Å². The van der Waals surface area contributed by atoms with Gasteiger partial charge in [-0.25, -0.2) is 0 Å². The average Bonchev–Trinajstić information content (AvgIpc) is 2.79. The molecule has 1 N–H and O–H groups in total. The van der Waals surface area contributed by atoms with Gasteiger partial charge in [-0.3, -0.25) is 14.4 Å². The minimum absolute atomic E-state index is 0.0680. The first kappa shape index (κ1) is 22.3. The Bertz CT molecular complexity index is 930. The maximum Gasteiger partial charge on any atom is 0.309 e. The number of likely N-dealkylation sites (tertiary alicyclic amines) is 1. The van der Waals surface area contributed by atoms with Gasteiger partial charge in [-0.1, -0.05) is 48.0 Å². The summed E-state index contributed by atoms with van der Waals surface area (Å²) in [6.07, 6.45) is 3.51. The van der Waals surface area contributed by atoms with Crippen molar-refractivity contribution in [2.24, 2.45) is 5.92 Å². The van der Waals surface area contributed by atoms with E-state index in [0.717, 1.165) is 11.1 Å². The lowest BCUT2D eigenvalue weighted by atomic mass is 9.97. The van der Waals surface area contributed by atoms with Crippen LogP contribution in [0.3, 0.4) is 0 Å². The standard InChI is InChI=1S/C25H28N2O4/c1-18-8-11-22(12-9-18)26-24(29)19(2)31-25(30)21-14-16-27(17-15-21)23(28)13-10-20-6-4-3-5-7-20/h3-13,19,21H,14-17H2,1-2H3,(H,26,29)/b13-10+/t19-/m1/s1. The molecule has 0 aromatic heterocycles. The van der Waals surface area contributed by atoms with E-state index in [1.54, 1.807) is 36.1 Å². The number of amides is 2. The molecule has 3 rings (SSSR count). The molecule has 6 nitrogen and oxygen atoms in total. The van der Waals surface area contributed by atoms with Gasteiger partial charge in [0.15, 0.2) is 6.10 Å². The van der Waals surface area contributed by atoms with Gasteiger partial charge in [0.2, 0.25) is 5.91 Å². The van der Waals surface area contributed by atoms with Crippen LogP contribution in [-0.4, -0.2) is 41.9 Å². The Balaban J connectivity index is 1.44. The van der Waals surface area contributed by atoms with Crippen molar-refractivity contribution in [1.82, 2.24) is 4.90 Å². The van der Waals surface area contributed by atoms with E-state index < -0.39 is 12.1 Å². The second-order valence-electron chi connectivity index (χ2n) is 7.78. The van der Waals surface area contributed by atoms with Crippen LogP contribution in [0.2, 0.25) is 0 Å². The molecule has 2 amide bonds. The highest BCUT2D eigenvalue weighted by molar-refractivity contribution is 5.95. The van der Waals surface area contributed by atoms with Crippen molar-refractivity contribution in [2.45, 2.75) is 32.8 Å². The Kier molecular flexibility index (Phi) is 7.60. The van der Waals surface area contributed by atoms with Crippen LogP contribution in [-0.2, 0) is 19.1 Å². The zero-order chi connectivity index (χ0) is 22.2. The number of piperidine rings is 1. The van der Waals surface area contributed by atoms with Gasteiger partial charge in [-0.05, 0) is 50.5 Å². The second kappa shape index (κ2) is 10.6. The number of carbonyl (C=O) groups excluding carboxylic acids is 3. The molecule has 1 saturated heterocycles. The average molecular weight is 421 g/mol. The predicted molar refractivity (Wildman–Crippen MR) is 120 cm³/mol. The number of rotatable bonds is 6. The minimum atomic E-state index is -0.887. The summed E-state index contributed by atoms with van der Waals surface area (Å²) < 4.78 is 5.38. The molecule has 162 valence electrons. The number of hydrogen-bond donors (Lipinski definition) is 1. The Labute approximate surface area is 182 Å². The molecular formula is C25H28N2O4. The lowest BCUT2D eigenvalue weighted by Gasteiger charge is -2.30. The lowest BCUT2D eigenvalue weighted by Crippen LogP contribution is -2.41. The molecule has 1 aliphatic rings. The van der Waals surface area contributed by atoms with Crippen molar-refractivity contribution in [3.8, 4) is 0 Å². The molecule has 1 atom stereocenters. The highest BCUT2D eigenvalue weighted by Crippen LogP contribution is 2.20. The molecule has 0 saturated carbocycles. The number of aryl methyl sites for hydroxylation is 1. The number of carbonyl (C=O) groups is 3. The van der Waals surface area contributed by atoms with E-state index in [2.05, 4.69) is 5.32 Å². The largest absolute Gasteiger partial charge is 0.452 e. The predicted octanol–water partition coefficient (Wildman–Crippen LogP) is 3.82. The van der Waals surface area contributed by atoms with Crippen LogP contribution in [0.15, 0.2) is 60.7 Å². The molecule has 0 spiro atoms. The summed E-state index contributed by atoms with van der Waals surface area (Å²) in [6.45, 7) is 4.51. The third kappa shape index (κ3) is 6.54. The smallest absolute Gasteiger partial charge is 0.309 e. The van der Waals surface area contributed by atoms with Crippen molar-refractivity contribution in [3.63, 3.8) is 0 Å². The van der Waals surface area contributed by atoms with Gasteiger partial charge in [0.1, 0.15) is 0 Å². The number of esters is 1. The highest BCUT2D eigenvalue weighted by atomic mass is 16.5. The van der Waals surface area contributed by atoms with E-state index in [0.29, 0.717) is 31.6 Å². The fourth-order valence-electron chi connectivity index (χ4n) is 3.38. The van der Waals surface area contributed by atoms with Gasteiger partial charge >= 0.3 is 5.97 Å². The molecule has 0 bridgehead atoms. The van der Waals surface area contributed by atoms with Gasteiger partial charge < -0.3 is 15.0 Å². The van der Waals surface area contributed by atoms with Gasteiger partial charge in [0.25, 0.3) is 5.91 Å². The van der Waals surface area contributed by atoms with E-state index in [4.69, 9.17) is 4.74 Å². The first-order chi connectivity index (χ1) is 14.9. The molecule has 0 radical (unpaired) electrons. The molecule has 1 heterocycles. The molecule has 2 aromatic carbocycles. The molecular weight excluding hydrogens is 392 g/mol. The number of nitrogens with zero attached hydrogens (tertiary/aromatic N) is 1. The number of nitrogens with one attached hydrogen (secondary N) is 1. The summed E-state index contributed by atoms with van der Waals surface area (Å²) in [5.41, 5.74) is 2.72. The monoisotopic (exact) mass is 420 g/mol. The molecule has 31 heavy (non-hydrogen) atoms. The quantitative estimate of drug-likeness (QED) is 0.569. The van der Waals surface area contributed by atoms with E-state index in [-0.39, 0.29) is 17.7 Å². The van der Waals surface area contributed by atoms with Crippen molar-refractivity contribution < 1.29 is 19.1 Å². The van der Waals surface area contributed by atoms with E-state index in [1.807, 2.05) is 49.4 Å². The summed E-state index contributed by atoms with van der Waals surface area (Å²) in [5.74, 6) is -1.13. The van der Waals surface area contributed by atoms with Crippen LogP contribution in [0, 0.1) is 12.8 Å². The third-order valence-corrected chi connectivity index (χ3v) is 5.34. The van der Waals surface area contributed by atoms with E-state index in [9.17, 15) is 14.4 Å². The van der Waals surface area contributed by atoms with Gasteiger partial charge in [-0.15, -0.1) is 0 Å². The van der Waals surface area contributed by atoms with E-state index >= 15 is 0 Å². The zero-order valence-electron chi connectivity index (χ0n) is 17.9. The first-order valence-electron chi connectivity index (χ1n) is 10.5. The van der Waals surface area contributed by atoms with Crippen molar-refractivity contribution in [3.05, 3.63) is 71.8 Å². The minimum Gasteiger partial charge on any atom is -0.452 e. The molecule has 1 fully saturated rings. The third-order valence-electron chi connectivity index (χ3n) is 5.34. The fraction of sp³-hybridized carbons (Fsp3) is 0.320. The Hall–Kier alpha value is -3.41. The molecule has 2 aromatic rings. The lowest BCUT2D eigenvalue weighted by molar-refractivity contribution is -0.159. The van der Waals surface area contributed by atoms with Crippen LogP contribution in [0.4, 0.5) is 5.69 Å². The van der Waals surface area contributed by atoms with Crippen molar-refractivity contribution in [2.75, 3.05) is 18.4 Å². The van der Waals surface area contributed by atoms with Crippen LogP contribution < -0.4 is 5.32 Å². The fourth-order valence-corrected chi connectivity index (χ4v) is 3.38. The van der Waals surface area contributed by atoms with Crippen molar-refractivity contribution in [1.29, 1.82) is 0 Å². The Morgan fingerprint density at radius 1 is 1.03 bits per heavy atom.